The number of sulfonamides is 2. The van der Waals surface area contributed by atoms with E-state index >= 15 is 0 Å². The van der Waals surface area contributed by atoms with E-state index in [2.05, 4.69) is 0 Å². The van der Waals surface area contributed by atoms with Crippen LogP contribution in [-0.4, -0.2) is 85.5 Å². The number of piperazine rings is 1. The third-order valence-electron chi connectivity index (χ3n) is 6.02. The number of carbonyl (C=O) groups excluding carboxylic acids is 2. The first-order valence-corrected chi connectivity index (χ1v) is 14.5. The third-order valence-corrected chi connectivity index (χ3v) is 11.5. The molecule has 0 bridgehead atoms. The van der Waals surface area contributed by atoms with Crippen molar-refractivity contribution in [2.45, 2.75) is 28.0 Å². The Balaban J connectivity index is 1.45. The molecule has 2 amide bonds. The van der Waals surface area contributed by atoms with Crippen molar-refractivity contribution in [3.63, 3.8) is 0 Å². The molecule has 4 heterocycles. The molecule has 2 N–H and O–H groups in total. The Kier molecular flexibility index (Phi) is 6.83. The maximum atomic E-state index is 13.2. The van der Waals surface area contributed by atoms with Crippen molar-refractivity contribution in [1.29, 1.82) is 0 Å². The van der Waals surface area contributed by atoms with E-state index < -0.39 is 32.0 Å². The highest BCUT2D eigenvalue weighted by atomic mass is 35.5. The van der Waals surface area contributed by atoms with Crippen molar-refractivity contribution < 1.29 is 26.4 Å². The molecular weight excluding hydrogens is 526 g/mol. The van der Waals surface area contributed by atoms with Gasteiger partial charge in [0, 0.05) is 46.0 Å². The van der Waals surface area contributed by atoms with Crippen LogP contribution in [0.5, 0.6) is 0 Å². The number of thiophene rings is 1. The van der Waals surface area contributed by atoms with Gasteiger partial charge in [-0.05, 0) is 31.0 Å². The number of halogens is 1. The molecule has 2 aromatic rings. The summed E-state index contributed by atoms with van der Waals surface area (Å²) in [6.45, 7) is 0.591. The standard InChI is InChI=1S/C19H24ClN5O6S3/c1-22-12-13(11-15(22)18(21)26)33(28,29)24-9-7-23(8-10-24)19(27)14-3-2-6-25(14)34(30,31)17-5-4-16(20)32-17/h4-5,11-12,14H,2-3,6-10H2,1H3,(H2,21,26). The van der Waals surface area contributed by atoms with Gasteiger partial charge in [-0.2, -0.15) is 8.61 Å². The topological polar surface area (TPSA) is 143 Å². The molecule has 0 spiro atoms. The summed E-state index contributed by atoms with van der Waals surface area (Å²) in [5.74, 6) is -1.07. The van der Waals surface area contributed by atoms with Gasteiger partial charge in [0.05, 0.1) is 4.34 Å². The Morgan fingerprint density at radius 1 is 1.06 bits per heavy atom. The lowest BCUT2D eigenvalue weighted by atomic mass is 10.2. The van der Waals surface area contributed by atoms with E-state index in [0.717, 1.165) is 11.3 Å². The molecule has 1 atom stereocenters. The van der Waals surface area contributed by atoms with E-state index in [9.17, 15) is 26.4 Å². The number of aromatic nitrogens is 1. The molecule has 0 aromatic carbocycles. The van der Waals surface area contributed by atoms with E-state index in [1.165, 1.54) is 49.5 Å². The second-order valence-electron chi connectivity index (χ2n) is 8.10. The highest BCUT2D eigenvalue weighted by molar-refractivity contribution is 7.91. The minimum absolute atomic E-state index is 0.0498. The van der Waals surface area contributed by atoms with Crippen molar-refractivity contribution in [1.82, 2.24) is 18.1 Å². The molecule has 2 fully saturated rings. The maximum absolute atomic E-state index is 13.2. The van der Waals surface area contributed by atoms with Gasteiger partial charge in [-0.1, -0.05) is 11.6 Å². The molecule has 0 saturated carbocycles. The quantitative estimate of drug-likeness (QED) is 0.556. The number of nitrogens with two attached hydrogens (primary N) is 1. The highest BCUT2D eigenvalue weighted by Gasteiger charge is 2.43. The number of nitrogens with zero attached hydrogens (tertiary/aromatic N) is 4. The van der Waals surface area contributed by atoms with E-state index in [1.54, 1.807) is 0 Å². The van der Waals surface area contributed by atoms with Crippen molar-refractivity contribution >= 4 is 54.8 Å². The van der Waals surface area contributed by atoms with Crippen molar-refractivity contribution in [3.8, 4) is 0 Å². The molecule has 34 heavy (non-hydrogen) atoms. The molecule has 186 valence electrons. The number of primary amides is 1. The monoisotopic (exact) mass is 549 g/mol. The van der Waals surface area contributed by atoms with E-state index in [0.29, 0.717) is 17.2 Å². The highest BCUT2D eigenvalue weighted by Crippen LogP contribution is 2.33. The fraction of sp³-hybridized carbons (Fsp3) is 0.474. The number of rotatable bonds is 6. The van der Waals surface area contributed by atoms with Crippen LogP contribution < -0.4 is 5.73 Å². The van der Waals surface area contributed by atoms with Crippen LogP contribution in [0.15, 0.2) is 33.5 Å². The minimum atomic E-state index is -3.88. The minimum Gasteiger partial charge on any atom is -0.364 e. The van der Waals surface area contributed by atoms with Gasteiger partial charge in [0.1, 0.15) is 20.8 Å². The van der Waals surface area contributed by atoms with Gasteiger partial charge in [-0.3, -0.25) is 9.59 Å². The van der Waals surface area contributed by atoms with Crippen LogP contribution in [0.2, 0.25) is 4.34 Å². The fourth-order valence-corrected chi connectivity index (χ4v) is 9.01. The Bertz CT molecular complexity index is 1330. The van der Waals surface area contributed by atoms with Gasteiger partial charge in [-0.15, -0.1) is 11.3 Å². The Morgan fingerprint density at radius 3 is 2.29 bits per heavy atom. The van der Waals surface area contributed by atoms with Gasteiger partial charge >= 0.3 is 0 Å². The largest absolute Gasteiger partial charge is 0.364 e. The number of aryl methyl sites for hydroxylation is 1. The van der Waals surface area contributed by atoms with Crippen LogP contribution in [0.1, 0.15) is 23.3 Å². The summed E-state index contributed by atoms with van der Waals surface area (Å²) in [5.41, 5.74) is 5.35. The van der Waals surface area contributed by atoms with Crippen molar-refractivity contribution in [3.05, 3.63) is 34.4 Å². The van der Waals surface area contributed by atoms with Crippen LogP contribution in [0, 0.1) is 0 Å². The lowest BCUT2D eigenvalue weighted by Gasteiger charge is -2.36. The van der Waals surface area contributed by atoms with E-state index in [4.69, 9.17) is 17.3 Å². The van der Waals surface area contributed by atoms with Gasteiger partial charge < -0.3 is 15.2 Å². The second-order valence-corrected chi connectivity index (χ2v) is 13.9. The first-order valence-electron chi connectivity index (χ1n) is 10.4. The molecule has 1 unspecified atom stereocenters. The van der Waals surface area contributed by atoms with Crippen LogP contribution >= 0.6 is 22.9 Å². The van der Waals surface area contributed by atoms with Crippen molar-refractivity contribution in [2.24, 2.45) is 12.8 Å². The molecule has 0 radical (unpaired) electrons. The van der Waals surface area contributed by atoms with Gasteiger partial charge in [0.2, 0.25) is 15.9 Å². The summed E-state index contributed by atoms with van der Waals surface area (Å²) < 4.78 is 56.4. The van der Waals surface area contributed by atoms with Crippen LogP contribution in [0.25, 0.3) is 0 Å². The number of hydrogen-bond donors (Lipinski definition) is 1. The molecule has 2 saturated heterocycles. The summed E-state index contributed by atoms with van der Waals surface area (Å²) >= 11 is 6.84. The van der Waals surface area contributed by atoms with Gasteiger partial charge in [0.15, 0.2) is 0 Å². The Morgan fingerprint density at radius 2 is 1.74 bits per heavy atom. The maximum Gasteiger partial charge on any atom is 0.265 e. The second kappa shape index (κ2) is 9.24. The molecule has 0 aliphatic carbocycles. The molecule has 2 aromatic heterocycles. The Hall–Kier alpha value is -1.97. The molecule has 2 aliphatic heterocycles. The average molecular weight is 550 g/mol. The first-order chi connectivity index (χ1) is 15.9. The zero-order chi connectivity index (χ0) is 24.8. The summed E-state index contributed by atoms with van der Waals surface area (Å²) in [5, 5.41) is 0. The Labute approximate surface area is 206 Å². The summed E-state index contributed by atoms with van der Waals surface area (Å²) in [7, 11) is -6.21. The summed E-state index contributed by atoms with van der Waals surface area (Å²) in [6.07, 6.45) is 2.28. The normalized spacial score (nSPS) is 20.6. The summed E-state index contributed by atoms with van der Waals surface area (Å²) in [4.78, 5) is 26.1. The summed E-state index contributed by atoms with van der Waals surface area (Å²) in [6, 6.07) is 3.33. The first kappa shape index (κ1) is 25.1. The zero-order valence-electron chi connectivity index (χ0n) is 18.3. The molecular formula is C19H24ClN5O6S3. The zero-order valence-corrected chi connectivity index (χ0v) is 21.5. The molecule has 4 rings (SSSR count). The molecule has 2 aliphatic rings. The number of hydrogen-bond acceptors (Lipinski definition) is 7. The predicted molar refractivity (Wildman–Crippen MR) is 126 cm³/mol. The lowest BCUT2D eigenvalue weighted by molar-refractivity contribution is -0.135. The van der Waals surface area contributed by atoms with E-state index in [-0.39, 0.29) is 53.4 Å². The number of carbonyl (C=O) groups is 2. The fourth-order valence-electron chi connectivity index (χ4n) is 4.26. The molecule has 15 heteroatoms. The van der Waals surface area contributed by atoms with Crippen LogP contribution in [0.3, 0.4) is 0 Å². The van der Waals surface area contributed by atoms with Gasteiger partial charge in [-0.25, -0.2) is 16.8 Å². The molecule has 11 nitrogen and oxygen atoms in total. The van der Waals surface area contributed by atoms with Gasteiger partial charge in [0.25, 0.3) is 15.9 Å². The van der Waals surface area contributed by atoms with Crippen LogP contribution in [0.4, 0.5) is 0 Å². The van der Waals surface area contributed by atoms with E-state index in [1.807, 2.05) is 0 Å². The van der Waals surface area contributed by atoms with Crippen molar-refractivity contribution in [2.75, 3.05) is 32.7 Å². The predicted octanol–water partition coefficient (Wildman–Crippen LogP) is 0.525. The third kappa shape index (κ3) is 4.50. The lowest BCUT2D eigenvalue weighted by Crippen LogP contribution is -2.55. The number of amides is 2. The smallest absolute Gasteiger partial charge is 0.265 e. The van der Waals surface area contributed by atoms with Crippen LogP contribution in [-0.2, 0) is 31.9 Å². The SMILES string of the molecule is Cn1cc(S(=O)(=O)N2CCN(C(=O)C3CCCN3S(=O)(=O)c3ccc(Cl)s3)CC2)cc1C(N)=O. The average Bonchev–Trinajstić information content (AvgIpc) is 3.53.